The third-order valence-corrected chi connectivity index (χ3v) is 4.11. The summed E-state index contributed by atoms with van der Waals surface area (Å²) in [6.45, 7) is 1.78. The number of amides is 1. The van der Waals surface area contributed by atoms with Gasteiger partial charge in [-0.2, -0.15) is 5.10 Å². The molecule has 0 spiro atoms. The molecule has 8 heteroatoms. The highest BCUT2D eigenvalue weighted by atomic mass is 16.5. The van der Waals surface area contributed by atoms with Crippen molar-refractivity contribution in [2.75, 3.05) is 7.11 Å². The maximum absolute atomic E-state index is 12.6. The zero-order valence-corrected chi connectivity index (χ0v) is 14.8. The molecule has 0 aliphatic heterocycles. The Balaban J connectivity index is 1.79. The number of aromatic amines is 1. The Kier molecular flexibility index (Phi) is 5.16. The van der Waals surface area contributed by atoms with Gasteiger partial charge in [0.05, 0.1) is 13.2 Å². The number of aromatic carboxylic acids is 1. The lowest BCUT2D eigenvalue weighted by Gasteiger charge is -2.16. The summed E-state index contributed by atoms with van der Waals surface area (Å²) < 4.78 is 5.06. The van der Waals surface area contributed by atoms with Gasteiger partial charge in [0.2, 0.25) is 0 Å². The van der Waals surface area contributed by atoms with Crippen molar-refractivity contribution in [3.63, 3.8) is 0 Å². The van der Waals surface area contributed by atoms with Crippen LogP contribution in [0.15, 0.2) is 48.8 Å². The normalized spacial score (nSPS) is 11.6. The number of nitrogens with zero attached hydrogens (tertiary/aromatic N) is 2. The molecule has 138 valence electrons. The van der Waals surface area contributed by atoms with Gasteiger partial charge in [-0.1, -0.05) is 18.2 Å². The van der Waals surface area contributed by atoms with Crippen molar-refractivity contribution < 1.29 is 19.4 Å². The predicted octanol–water partition coefficient (Wildman–Crippen LogP) is 2.67. The maximum Gasteiger partial charge on any atom is 0.339 e. The third-order valence-electron chi connectivity index (χ3n) is 4.11. The highest BCUT2D eigenvalue weighted by molar-refractivity contribution is 5.95. The standard InChI is InChI=1S/C19H18N4O4/c1-11(12-6-7-16(27-2)15(9-12)19(25)26)22-18(24)14-5-3-4-13(8-14)17-20-10-21-23-17/h3-11H,1-2H3,(H,22,24)(H,25,26)(H,20,21,23)/t11-/m0/s1. The largest absolute Gasteiger partial charge is 0.496 e. The number of hydrogen-bond acceptors (Lipinski definition) is 5. The summed E-state index contributed by atoms with van der Waals surface area (Å²) in [5.74, 6) is -0.535. The minimum Gasteiger partial charge on any atom is -0.496 e. The average molecular weight is 366 g/mol. The SMILES string of the molecule is COc1ccc([C@H](C)NC(=O)c2cccc(-c3ncn[nH]3)c2)cc1C(=O)O. The predicted molar refractivity (Wildman–Crippen MR) is 97.7 cm³/mol. The lowest BCUT2D eigenvalue weighted by molar-refractivity contribution is 0.0693. The van der Waals surface area contributed by atoms with Gasteiger partial charge in [0.25, 0.3) is 5.91 Å². The number of H-pyrrole nitrogens is 1. The first-order valence-electron chi connectivity index (χ1n) is 8.17. The van der Waals surface area contributed by atoms with Crippen LogP contribution >= 0.6 is 0 Å². The summed E-state index contributed by atoms with van der Waals surface area (Å²) in [5.41, 5.74) is 1.91. The van der Waals surface area contributed by atoms with Crippen molar-refractivity contribution in [1.82, 2.24) is 20.5 Å². The van der Waals surface area contributed by atoms with Crippen LogP contribution in [0, 0.1) is 0 Å². The van der Waals surface area contributed by atoms with E-state index in [9.17, 15) is 14.7 Å². The highest BCUT2D eigenvalue weighted by Gasteiger charge is 2.17. The van der Waals surface area contributed by atoms with Crippen LogP contribution in [0.25, 0.3) is 11.4 Å². The molecule has 3 N–H and O–H groups in total. The first kappa shape index (κ1) is 18.1. The molecule has 0 unspecified atom stereocenters. The van der Waals surface area contributed by atoms with Crippen molar-refractivity contribution in [3.05, 3.63) is 65.5 Å². The Morgan fingerprint density at radius 2 is 2.04 bits per heavy atom. The number of carboxylic acid groups (broad SMARTS) is 1. The molecule has 2 aromatic carbocycles. The number of carbonyl (C=O) groups is 2. The van der Waals surface area contributed by atoms with E-state index in [1.54, 1.807) is 37.3 Å². The fourth-order valence-corrected chi connectivity index (χ4v) is 2.68. The number of methoxy groups -OCH3 is 1. The maximum atomic E-state index is 12.6. The minimum atomic E-state index is -1.09. The molecule has 0 saturated carbocycles. The van der Waals surface area contributed by atoms with Crippen molar-refractivity contribution in [1.29, 1.82) is 0 Å². The monoisotopic (exact) mass is 366 g/mol. The van der Waals surface area contributed by atoms with Crippen LogP contribution in [0.3, 0.4) is 0 Å². The van der Waals surface area contributed by atoms with E-state index in [0.29, 0.717) is 17.0 Å². The van der Waals surface area contributed by atoms with Crippen molar-refractivity contribution in [2.45, 2.75) is 13.0 Å². The second-order valence-corrected chi connectivity index (χ2v) is 5.87. The van der Waals surface area contributed by atoms with Crippen molar-refractivity contribution >= 4 is 11.9 Å². The van der Waals surface area contributed by atoms with E-state index in [4.69, 9.17) is 4.74 Å². The second kappa shape index (κ2) is 7.69. The fourth-order valence-electron chi connectivity index (χ4n) is 2.68. The van der Waals surface area contributed by atoms with Crippen molar-refractivity contribution in [2.24, 2.45) is 0 Å². The molecule has 1 amide bonds. The number of hydrogen-bond donors (Lipinski definition) is 3. The van der Waals surface area contributed by atoms with E-state index < -0.39 is 12.0 Å². The number of carbonyl (C=O) groups excluding carboxylic acids is 1. The number of aromatic nitrogens is 3. The zero-order chi connectivity index (χ0) is 19.4. The van der Waals surface area contributed by atoms with Gasteiger partial charge in [-0.15, -0.1) is 0 Å². The molecule has 3 rings (SSSR count). The third kappa shape index (κ3) is 3.95. The van der Waals surface area contributed by atoms with Crippen LogP contribution in [-0.2, 0) is 0 Å². The topological polar surface area (TPSA) is 117 Å². The van der Waals surface area contributed by atoms with E-state index >= 15 is 0 Å². The molecule has 1 heterocycles. The summed E-state index contributed by atoms with van der Waals surface area (Å²) in [5, 5.41) is 18.7. The van der Waals surface area contributed by atoms with Crippen LogP contribution in [0.4, 0.5) is 0 Å². The van der Waals surface area contributed by atoms with E-state index in [2.05, 4.69) is 20.5 Å². The molecule has 0 aliphatic carbocycles. The second-order valence-electron chi connectivity index (χ2n) is 5.87. The van der Waals surface area contributed by atoms with Crippen LogP contribution in [0.2, 0.25) is 0 Å². The lowest BCUT2D eigenvalue weighted by Crippen LogP contribution is -2.26. The molecule has 0 fully saturated rings. The summed E-state index contributed by atoms with van der Waals surface area (Å²) in [7, 11) is 1.41. The molecule has 0 bridgehead atoms. The quantitative estimate of drug-likeness (QED) is 0.617. The van der Waals surface area contributed by atoms with Gasteiger partial charge >= 0.3 is 5.97 Å². The molecular formula is C19H18N4O4. The van der Waals surface area contributed by atoms with E-state index in [-0.39, 0.29) is 17.2 Å². The average Bonchev–Trinajstić information content (AvgIpc) is 3.22. The zero-order valence-electron chi connectivity index (χ0n) is 14.8. The van der Waals surface area contributed by atoms with Gasteiger partial charge in [-0.25, -0.2) is 9.78 Å². The number of carboxylic acids is 1. The summed E-state index contributed by atoms with van der Waals surface area (Å²) in [4.78, 5) is 28.0. The van der Waals surface area contributed by atoms with Gasteiger partial charge in [-0.05, 0) is 36.8 Å². The van der Waals surface area contributed by atoms with Gasteiger partial charge in [-0.3, -0.25) is 9.89 Å². The van der Waals surface area contributed by atoms with Gasteiger partial charge in [0.15, 0.2) is 5.82 Å². The van der Waals surface area contributed by atoms with Gasteiger partial charge < -0.3 is 15.2 Å². The molecule has 3 aromatic rings. The molecule has 0 radical (unpaired) electrons. The Morgan fingerprint density at radius 1 is 1.22 bits per heavy atom. The van der Waals surface area contributed by atoms with Crippen LogP contribution in [0.1, 0.15) is 39.2 Å². The van der Waals surface area contributed by atoms with E-state index in [1.165, 1.54) is 19.5 Å². The first-order chi connectivity index (χ1) is 13.0. The first-order valence-corrected chi connectivity index (χ1v) is 8.17. The number of benzene rings is 2. The summed E-state index contributed by atoms with van der Waals surface area (Å²) in [6, 6.07) is 11.4. The Morgan fingerprint density at radius 3 is 2.70 bits per heavy atom. The molecule has 8 nitrogen and oxygen atoms in total. The lowest BCUT2D eigenvalue weighted by atomic mass is 10.0. The van der Waals surface area contributed by atoms with Gasteiger partial charge in [0, 0.05) is 11.1 Å². The molecule has 27 heavy (non-hydrogen) atoms. The molecular weight excluding hydrogens is 348 g/mol. The Labute approximate surface area is 155 Å². The van der Waals surface area contributed by atoms with Crippen LogP contribution in [0.5, 0.6) is 5.75 Å². The van der Waals surface area contributed by atoms with Crippen LogP contribution < -0.4 is 10.1 Å². The Bertz CT molecular complexity index is 970. The summed E-state index contributed by atoms with van der Waals surface area (Å²) >= 11 is 0. The smallest absolute Gasteiger partial charge is 0.339 e. The molecule has 1 aromatic heterocycles. The van der Waals surface area contributed by atoms with Crippen LogP contribution in [-0.4, -0.2) is 39.3 Å². The van der Waals surface area contributed by atoms with Crippen molar-refractivity contribution in [3.8, 4) is 17.1 Å². The minimum absolute atomic E-state index is 0.0448. The Hall–Kier alpha value is -3.68. The van der Waals surface area contributed by atoms with Gasteiger partial charge in [0.1, 0.15) is 17.6 Å². The number of rotatable bonds is 6. The summed E-state index contributed by atoms with van der Waals surface area (Å²) in [6.07, 6.45) is 1.40. The fraction of sp³-hybridized carbons (Fsp3) is 0.158. The highest BCUT2D eigenvalue weighted by Crippen LogP contribution is 2.24. The number of ether oxygens (including phenoxy) is 1. The van der Waals surface area contributed by atoms with E-state index in [0.717, 1.165) is 5.56 Å². The van der Waals surface area contributed by atoms with E-state index in [1.807, 2.05) is 6.07 Å². The number of nitrogens with one attached hydrogen (secondary N) is 2. The molecule has 0 aliphatic rings. The molecule has 1 atom stereocenters. The molecule has 0 saturated heterocycles.